The molecule has 0 N–H and O–H groups in total. The standard InChI is InChI=1S/2C2HCl3O2.Zn/c2*3-2(4,5)1(6)7;/h2*(H,6,7);/q;;+2/p-2. The molecule has 0 aromatic rings. The first kappa shape index (κ1) is 21.6. The predicted octanol–water partition coefficient (Wildman–Crippen LogP) is 0.210. The summed E-state index contributed by atoms with van der Waals surface area (Å²) in [5, 5.41) is 19.0. The number of hydrogen-bond donors (Lipinski definition) is 0. The number of hydrogen-bond acceptors (Lipinski definition) is 4. The van der Waals surface area contributed by atoms with Gasteiger partial charge in [-0.05, 0) is 0 Å². The van der Waals surface area contributed by atoms with Crippen molar-refractivity contribution in [2.75, 3.05) is 0 Å². The van der Waals surface area contributed by atoms with Crippen LogP contribution in [0.5, 0.6) is 0 Å². The Morgan fingerprint density at radius 2 is 0.800 bits per heavy atom. The fourth-order valence-electron chi connectivity index (χ4n) is 0. The van der Waals surface area contributed by atoms with E-state index in [9.17, 15) is 19.8 Å². The number of carbonyl (C=O) groups excluding carboxylic acids is 2. The molecule has 15 heavy (non-hydrogen) atoms. The van der Waals surface area contributed by atoms with Gasteiger partial charge in [0.15, 0.2) is 0 Å². The molecule has 0 rings (SSSR count). The van der Waals surface area contributed by atoms with Gasteiger partial charge in [-0.2, -0.15) is 0 Å². The van der Waals surface area contributed by atoms with Crippen molar-refractivity contribution in [3.8, 4) is 0 Å². The molecule has 4 nitrogen and oxygen atoms in total. The SMILES string of the molecule is O=C([O-])C(Cl)(Cl)Cl.O=C([O-])C(Cl)(Cl)Cl.[Zn+2]. The average molecular weight is 390 g/mol. The Morgan fingerprint density at radius 1 is 0.733 bits per heavy atom. The van der Waals surface area contributed by atoms with Gasteiger partial charge in [0.25, 0.3) is 0 Å². The van der Waals surface area contributed by atoms with Crippen molar-refractivity contribution in [1.29, 1.82) is 0 Å². The van der Waals surface area contributed by atoms with Crippen molar-refractivity contribution in [3.05, 3.63) is 0 Å². The molecule has 0 bridgehead atoms. The zero-order valence-corrected chi connectivity index (χ0v) is 14.1. The van der Waals surface area contributed by atoms with Crippen LogP contribution in [0, 0.1) is 0 Å². The molecule has 0 amide bonds. The van der Waals surface area contributed by atoms with E-state index in [2.05, 4.69) is 0 Å². The maximum Gasteiger partial charge on any atom is 2.00 e. The Balaban J connectivity index is -0.000000180. The first-order valence-corrected chi connectivity index (χ1v) is 4.72. The van der Waals surface area contributed by atoms with Gasteiger partial charge >= 0.3 is 19.5 Å². The molecule has 0 saturated heterocycles. The minimum absolute atomic E-state index is 0. The third kappa shape index (κ3) is 15.3. The summed E-state index contributed by atoms with van der Waals surface area (Å²) in [5.41, 5.74) is 0. The Labute approximate surface area is 127 Å². The average Bonchev–Trinajstić information content (AvgIpc) is 1.83. The molecule has 0 atom stereocenters. The minimum atomic E-state index is -2.28. The fourth-order valence-corrected chi connectivity index (χ4v) is 0. The molecular weight excluding hydrogens is 390 g/mol. The topological polar surface area (TPSA) is 80.3 Å². The predicted molar refractivity (Wildman–Crippen MR) is 50.6 cm³/mol. The number of carboxylic acids is 2. The molecular formula is C4Cl6O4Zn. The quantitative estimate of drug-likeness (QED) is 0.438. The number of rotatable bonds is 0. The molecule has 0 spiro atoms. The molecule has 0 radical (unpaired) electrons. The van der Waals surface area contributed by atoms with Gasteiger partial charge in [-0.1, -0.05) is 69.6 Å². The van der Waals surface area contributed by atoms with Crippen molar-refractivity contribution in [2.24, 2.45) is 0 Å². The van der Waals surface area contributed by atoms with E-state index in [1.807, 2.05) is 0 Å². The van der Waals surface area contributed by atoms with E-state index in [0.29, 0.717) is 0 Å². The normalized spacial score (nSPS) is 10.5. The summed E-state index contributed by atoms with van der Waals surface area (Å²) in [6.45, 7) is 0. The van der Waals surface area contributed by atoms with Gasteiger partial charge in [-0.15, -0.1) is 0 Å². The molecule has 0 saturated carbocycles. The number of carbonyl (C=O) groups is 2. The number of carboxylic acid groups (broad SMARTS) is 2. The summed E-state index contributed by atoms with van der Waals surface area (Å²) in [4.78, 5) is 19.0. The van der Waals surface area contributed by atoms with Crippen LogP contribution in [-0.4, -0.2) is 19.5 Å². The molecule has 0 aliphatic heterocycles. The van der Waals surface area contributed by atoms with Crippen LogP contribution in [0.2, 0.25) is 0 Å². The zero-order valence-electron chi connectivity index (χ0n) is 6.61. The van der Waals surface area contributed by atoms with Crippen LogP contribution in [0.15, 0.2) is 0 Å². The van der Waals surface area contributed by atoms with Crippen molar-refractivity contribution >= 4 is 81.5 Å². The Morgan fingerprint density at radius 3 is 0.800 bits per heavy atom. The van der Waals surface area contributed by atoms with E-state index in [1.165, 1.54) is 0 Å². The van der Waals surface area contributed by atoms with Crippen molar-refractivity contribution < 1.29 is 39.3 Å². The molecule has 0 aromatic carbocycles. The first-order chi connectivity index (χ1) is 5.89. The van der Waals surface area contributed by atoms with E-state index >= 15 is 0 Å². The van der Waals surface area contributed by atoms with Crippen LogP contribution < -0.4 is 10.2 Å². The molecule has 0 aliphatic rings. The summed E-state index contributed by atoms with van der Waals surface area (Å²) >= 11 is 28.4. The van der Waals surface area contributed by atoms with E-state index in [-0.39, 0.29) is 19.5 Å². The third-order valence-electron chi connectivity index (χ3n) is 0.463. The van der Waals surface area contributed by atoms with Gasteiger partial charge in [0.2, 0.25) is 7.59 Å². The number of alkyl halides is 6. The summed E-state index contributed by atoms with van der Waals surface area (Å²) < 4.78 is -4.56. The Bertz CT molecular complexity index is 196. The van der Waals surface area contributed by atoms with E-state index in [4.69, 9.17) is 69.6 Å². The van der Waals surface area contributed by atoms with E-state index < -0.39 is 19.5 Å². The van der Waals surface area contributed by atoms with E-state index in [1.54, 1.807) is 0 Å². The van der Waals surface area contributed by atoms with Crippen molar-refractivity contribution in [2.45, 2.75) is 7.59 Å². The Hall–Kier alpha value is 1.30. The third-order valence-corrected chi connectivity index (χ3v) is 1.39. The largest absolute Gasteiger partial charge is 2.00 e. The summed E-state index contributed by atoms with van der Waals surface area (Å²) in [6, 6.07) is 0. The van der Waals surface area contributed by atoms with E-state index in [0.717, 1.165) is 0 Å². The van der Waals surface area contributed by atoms with Crippen LogP contribution in [0.25, 0.3) is 0 Å². The molecule has 0 heterocycles. The molecule has 84 valence electrons. The second kappa shape index (κ2) is 8.40. The Kier molecular flexibility index (Phi) is 12.1. The van der Waals surface area contributed by atoms with Crippen LogP contribution in [0.4, 0.5) is 0 Å². The smallest absolute Gasteiger partial charge is 0.545 e. The van der Waals surface area contributed by atoms with Crippen LogP contribution >= 0.6 is 69.6 Å². The van der Waals surface area contributed by atoms with Gasteiger partial charge in [0, 0.05) is 0 Å². The van der Waals surface area contributed by atoms with Gasteiger partial charge in [0.05, 0.1) is 11.9 Å². The second-order valence-electron chi connectivity index (χ2n) is 1.57. The summed E-state index contributed by atoms with van der Waals surface area (Å²) in [6.07, 6.45) is 0. The van der Waals surface area contributed by atoms with Gasteiger partial charge in [0.1, 0.15) is 0 Å². The van der Waals surface area contributed by atoms with Crippen LogP contribution in [-0.2, 0) is 29.1 Å². The van der Waals surface area contributed by atoms with Gasteiger partial charge < -0.3 is 19.8 Å². The summed E-state index contributed by atoms with van der Waals surface area (Å²) in [7, 11) is 0. The van der Waals surface area contributed by atoms with Crippen LogP contribution in [0.3, 0.4) is 0 Å². The fraction of sp³-hybridized carbons (Fsp3) is 0.500. The molecule has 0 aromatic heterocycles. The maximum absolute atomic E-state index is 9.51. The second-order valence-corrected chi connectivity index (χ2v) is 6.13. The number of halogens is 6. The molecule has 0 aliphatic carbocycles. The summed E-state index contributed by atoms with van der Waals surface area (Å²) in [5.74, 6) is -3.42. The molecule has 0 fully saturated rings. The van der Waals surface area contributed by atoms with Crippen molar-refractivity contribution in [1.82, 2.24) is 0 Å². The van der Waals surface area contributed by atoms with Crippen molar-refractivity contribution in [3.63, 3.8) is 0 Å². The van der Waals surface area contributed by atoms with Gasteiger partial charge in [-0.25, -0.2) is 0 Å². The molecule has 0 unspecified atom stereocenters. The zero-order chi connectivity index (χ0) is 12.2. The first-order valence-electron chi connectivity index (χ1n) is 2.45. The minimum Gasteiger partial charge on any atom is -0.545 e. The van der Waals surface area contributed by atoms with Gasteiger partial charge in [-0.3, -0.25) is 0 Å². The molecule has 11 heteroatoms. The number of aliphatic carboxylic acids is 2. The maximum atomic E-state index is 9.51. The monoisotopic (exact) mass is 386 g/mol. The van der Waals surface area contributed by atoms with Crippen LogP contribution in [0.1, 0.15) is 0 Å².